The van der Waals surface area contributed by atoms with Crippen molar-refractivity contribution >= 4 is 23.6 Å². The fourth-order valence-corrected chi connectivity index (χ4v) is 4.17. The van der Waals surface area contributed by atoms with Crippen LogP contribution >= 0.6 is 11.8 Å². The van der Waals surface area contributed by atoms with Crippen LogP contribution in [0.1, 0.15) is 17.0 Å². The maximum Gasteiger partial charge on any atom is 0.233 e. The zero-order valence-electron chi connectivity index (χ0n) is 16.4. The van der Waals surface area contributed by atoms with Crippen molar-refractivity contribution in [2.45, 2.75) is 18.5 Å². The molecule has 0 atom stereocenters. The highest BCUT2D eigenvalue weighted by Crippen LogP contribution is 2.20. The predicted molar refractivity (Wildman–Crippen MR) is 114 cm³/mol. The summed E-state index contributed by atoms with van der Waals surface area (Å²) < 4.78 is 0. The molecule has 1 amide bonds. The molecular formula is C21H24N6OS. The van der Waals surface area contributed by atoms with E-state index in [9.17, 15) is 4.79 Å². The monoisotopic (exact) mass is 408 g/mol. The molecule has 0 unspecified atom stereocenters. The number of H-pyrrole nitrogens is 1. The molecule has 29 heavy (non-hydrogen) atoms. The Morgan fingerprint density at radius 3 is 2.52 bits per heavy atom. The molecule has 0 bridgehead atoms. The Bertz CT molecular complexity index is 938. The van der Waals surface area contributed by atoms with Crippen LogP contribution in [0.4, 0.5) is 5.95 Å². The smallest absolute Gasteiger partial charge is 0.233 e. The van der Waals surface area contributed by atoms with E-state index in [1.165, 1.54) is 17.3 Å². The van der Waals surface area contributed by atoms with Crippen molar-refractivity contribution in [3.8, 4) is 0 Å². The van der Waals surface area contributed by atoms with E-state index in [0.717, 1.165) is 42.0 Å². The number of hydrogen-bond acceptors (Lipinski definition) is 6. The van der Waals surface area contributed by atoms with E-state index >= 15 is 0 Å². The van der Waals surface area contributed by atoms with Crippen molar-refractivity contribution in [2.75, 3.05) is 36.8 Å². The van der Waals surface area contributed by atoms with E-state index in [2.05, 4.69) is 37.0 Å². The molecule has 1 aliphatic rings. The quantitative estimate of drug-likeness (QED) is 0.632. The summed E-state index contributed by atoms with van der Waals surface area (Å²) in [6.07, 6.45) is 4.28. The normalized spacial score (nSPS) is 14.2. The number of imidazole rings is 1. The zero-order chi connectivity index (χ0) is 20.1. The second-order valence-corrected chi connectivity index (χ2v) is 7.95. The molecule has 1 N–H and O–H groups in total. The van der Waals surface area contributed by atoms with Crippen LogP contribution in [0.3, 0.4) is 0 Å². The summed E-state index contributed by atoms with van der Waals surface area (Å²) in [6, 6.07) is 12.1. The first-order valence-electron chi connectivity index (χ1n) is 9.71. The van der Waals surface area contributed by atoms with Crippen LogP contribution in [0, 0.1) is 6.92 Å². The number of benzene rings is 1. The van der Waals surface area contributed by atoms with Gasteiger partial charge < -0.3 is 14.8 Å². The van der Waals surface area contributed by atoms with Gasteiger partial charge in [0.1, 0.15) is 0 Å². The highest BCUT2D eigenvalue weighted by molar-refractivity contribution is 7.99. The van der Waals surface area contributed by atoms with Gasteiger partial charge in [0.25, 0.3) is 0 Å². The second-order valence-electron chi connectivity index (χ2n) is 6.98. The Kier molecular flexibility index (Phi) is 6.09. The average Bonchev–Trinajstić information content (AvgIpc) is 3.12. The molecule has 0 spiro atoms. The Morgan fingerprint density at radius 1 is 1.07 bits per heavy atom. The summed E-state index contributed by atoms with van der Waals surface area (Å²) in [5.74, 6) is 1.26. The molecule has 150 valence electrons. The number of aromatic amines is 1. The minimum atomic E-state index is 0.141. The lowest BCUT2D eigenvalue weighted by atomic mass is 10.1. The van der Waals surface area contributed by atoms with Gasteiger partial charge in [0.2, 0.25) is 11.9 Å². The lowest BCUT2D eigenvalue weighted by Gasteiger charge is -2.34. The number of nitrogens with zero attached hydrogens (tertiary/aromatic N) is 5. The minimum absolute atomic E-state index is 0.141. The van der Waals surface area contributed by atoms with Crippen LogP contribution in [0.15, 0.2) is 53.9 Å². The van der Waals surface area contributed by atoms with Crippen molar-refractivity contribution in [1.82, 2.24) is 24.8 Å². The number of carbonyl (C=O) groups is 1. The van der Waals surface area contributed by atoms with Crippen LogP contribution < -0.4 is 4.90 Å². The summed E-state index contributed by atoms with van der Waals surface area (Å²) in [7, 11) is 0. The largest absolute Gasteiger partial charge is 0.338 e. The number of anilines is 1. The minimum Gasteiger partial charge on any atom is -0.338 e. The number of amides is 1. The van der Waals surface area contributed by atoms with Crippen LogP contribution in [0.5, 0.6) is 0 Å². The molecule has 2 aromatic heterocycles. The summed E-state index contributed by atoms with van der Waals surface area (Å²) in [5.41, 5.74) is 3.32. The molecule has 4 rings (SSSR count). The van der Waals surface area contributed by atoms with Gasteiger partial charge in [-0.25, -0.2) is 15.0 Å². The van der Waals surface area contributed by atoms with Crippen molar-refractivity contribution < 1.29 is 4.79 Å². The molecule has 0 radical (unpaired) electrons. The number of piperazine rings is 1. The molecule has 8 heteroatoms. The standard InChI is InChI=1S/C21H24N6OS/c1-16-18(14-17-6-3-2-4-7-17)25-21(24-16)29-15-19(28)26-10-12-27(13-11-26)20-22-8-5-9-23-20/h2-9H,10-15H2,1H3,(H,24,25). The van der Waals surface area contributed by atoms with Gasteiger partial charge in [0.05, 0.1) is 11.4 Å². The van der Waals surface area contributed by atoms with E-state index in [0.29, 0.717) is 18.8 Å². The Labute approximate surface area is 174 Å². The third kappa shape index (κ3) is 4.95. The molecule has 0 aliphatic carbocycles. The SMILES string of the molecule is Cc1[nH]c(SCC(=O)N2CCN(c3ncccn3)CC2)nc1Cc1ccccc1. The fourth-order valence-electron chi connectivity index (χ4n) is 3.33. The van der Waals surface area contributed by atoms with Crippen molar-refractivity contribution in [1.29, 1.82) is 0 Å². The average molecular weight is 409 g/mol. The first-order chi connectivity index (χ1) is 14.2. The van der Waals surface area contributed by atoms with Crippen molar-refractivity contribution in [2.24, 2.45) is 0 Å². The van der Waals surface area contributed by atoms with Gasteiger partial charge in [0.15, 0.2) is 5.16 Å². The molecule has 3 heterocycles. The second kappa shape index (κ2) is 9.09. The molecule has 1 saturated heterocycles. The predicted octanol–water partition coefficient (Wildman–Crippen LogP) is 2.54. The van der Waals surface area contributed by atoms with Gasteiger partial charge in [-0.05, 0) is 18.6 Å². The van der Waals surface area contributed by atoms with Crippen molar-refractivity contribution in [3.05, 3.63) is 65.7 Å². The van der Waals surface area contributed by atoms with Gasteiger partial charge in [-0.2, -0.15) is 0 Å². The maximum atomic E-state index is 12.6. The van der Waals surface area contributed by atoms with Crippen LogP contribution in [0.25, 0.3) is 0 Å². The topological polar surface area (TPSA) is 78.0 Å². The van der Waals surface area contributed by atoms with Gasteiger partial charge in [0, 0.05) is 50.7 Å². The number of aryl methyl sites for hydroxylation is 1. The fraction of sp³-hybridized carbons (Fsp3) is 0.333. The van der Waals surface area contributed by atoms with Crippen molar-refractivity contribution in [3.63, 3.8) is 0 Å². The maximum absolute atomic E-state index is 12.6. The molecule has 0 saturated carbocycles. The third-order valence-corrected chi connectivity index (χ3v) is 5.84. The molecule has 1 aliphatic heterocycles. The molecular weight excluding hydrogens is 384 g/mol. The van der Waals surface area contributed by atoms with Gasteiger partial charge in [-0.15, -0.1) is 0 Å². The van der Waals surface area contributed by atoms with Crippen LogP contribution in [-0.4, -0.2) is 62.7 Å². The lowest BCUT2D eigenvalue weighted by molar-refractivity contribution is -0.128. The molecule has 1 aromatic carbocycles. The number of thioether (sulfide) groups is 1. The molecule has 7 nitrogen and oxygen atoms in total. The lowest BCUT2D eigenvalue weighted by Crippen LogP contribution is -2.49. The Balaban J connectivity index is 1.27. The van der Waals surface area contributed by atoms with E-state index < -0.39 is 0 Å². The number of carbonyl (C=O) groups excluding carboxylic acids is 1. The molecule has 1 fully saturated rings. The first-order valence-corrected chi connectivity index (χ1v) is 10.7. The zero-order valence-corrected chi connectivity index (χ0v) is 17.2. The Morgan fingerprint density at radius 2 is 1.79 bits per heavy atom. The van der Waals surface area contributed by atoms with Gasteiger partial charge in [-0.3, -0.25) is 4.79 Å². The number of nitrogens with one attached hydrogen (secondary N) is 1. The van der Waals surface area contributed by atoms with Gasteiger partial charge >= 0.3 is 0 Å². The van der Waals surface area contributed by atoms with Crippen LogP contribution in [-0.2, 0) is 11.2 Å². The third-order valence-electron chi connectivity index (χ3n) is 4.98. The first kappa shape index (κ1) is 19.4. The number of aromatic nitrogens is 4. The van der Waals surface area contributed by atoms with Crippen LogP contribution in [0.2, 0.25) is 0 Å². The summed E-state index contributed by atoms with van der Waals surface area (Å²) in [4.78, 5) is 33.2. The summed E-state index contributed by atoms with van der Waals surface area (Å²) in [5, 5.41) is 0.804. The van der Waals surface area contributed by atoms with E-state index in [4.69, 9.17) is 0 Å². The van der Waals surface area contributed by atoms with E-state index in [-0.39, 0.29) is 5.91 Å². The van der Waals surface area contributed by atoms with Gasteiger partial charge in [-0.1, -0.05) is 42.1 Å². The highest BCUT2D eigenvalue weighted by Gasteiger charge is 2.22. The van der Waals surface area contributed by atoms with E-state index in [1.807, 2.05) is 36.1 Å². The highest BCUT2D eigenvalue weighted by atomic mass is 32.2. The number of hydrogen-bond donors (Lipinski definition) is 1. The number of rotatable bonds is 6. The summed E-state index contributed by atoms with van der Waals surface area (Å²) in [6.45, 7) is 4.91. The Hall–Kier alpha value is -2.87. The van der Waals surface area contributed by atoms with E-state index in [1.54, 1.807) is 12.4 Å². The summed E-state index contributed by atoms with van der Waals surface area (Å²) >= 11 is 1.47. The molecule has 3 aromatic rings.